The molecule has 1 saturated carbocycles. The van der Waals surface area contributed by atoms with Gasteiger partial charge in [-0.15, -0.1) is 11.8 Å². The van der Waals surface area contributed by atoms with E-state index < -0.39 is 0 Å². The molecule has 9 heavy (non-hydrogen) atoms. The summed E-state index contributed by atoms with van der Waals surface area (Å²) in [6.07, 6.45) is 5.23. The van der Waals surface area contributed by atoms with E-state index in [0.29, 0.717) is 0 Å². The van der Waals surface area contributed by atoms with Crippen molar-refractivity contribution in [1.82, 2.24) is 5.32 Å². The Labute approximate surface area is 59.9 Å². The summed E-state index contributed by atoms with van der Waals surface area (Å²) < 4.78 is 0. The molecule has 50 valence electrons. The summed E-state index contributed by atoms with van der Waals surface area (Å²) >= 11 is 1.96. The molecule has 1 nitrogen and oxygen atoms in total. The molecule has 2 rings (SSSR count). The lowest BCUT2D eigenvalue weighted by Crippen LogP contribution is -2.04. The summed E-state index contributed by atoms with van der Waals surface area (Å²) in [6, 6.07) is 0. The first-order chi connectivity index (χ1) is 4.45. The van der Waals surface area contributed by atoms with E-state index >= 15 is 0 Å². The van der Waals surface area contributed by atoms with Crippen LogP contribution in [0.2, 0.25) is 0 Å². The molecule has 1 saturated heterocycles. The van der Waals surface area contributed by atoms with E-state index in [1.807, 2.05) is 11.8 Å². The molecule has 2 heteroatoms. The van der Waals surface area contributed by atoms with Gasteiger partial charge >= 0.3 is 0 Å². The molecule has 1 aliphatic carbocycles. The molecule has 0 spiro atoms. The van der Waals surface area contributed by atoms with Crippen LogP contribution in [0.1, 0.15) is 12.8 Å². The Bertz CT molecular complexity index is 130. The number of nitrogens with one attached hydrogen (secondary N) is 1. The highest BCUT2D eigenvalue weighted by Crippen LogP contribution is 2.33. The van der Waals surface area contributed by atoms with Crippen LogP contribution >= 0.6 is 11.8 Å². The first-order valence-electron chi connectivity index (χ1n) is 3.53. The third-order valence-corrected chi connectivity index (χ3v) is 2.67. The van der Waals surface area contributed by atoms with Gasteiger partial charge in [0, 0.05) is 12.3 Å². The van der Waals surface area contributed by atoms with Crippen LogP contribution in [-0.4, -0.2) is 12.3 Å². The highest BCUT2D eigenvalue weighted by Gasteiger charge is 2.20. The van der Waals surface area contributed by atoms with Crippen molar-refractivity contribution in [2.24, 2.45) is 5.92 Å². The molecular weight excluding hydrogens is 130 g/mol. The predicted octanol–water partition coefficient (Wildman–Crippen LogP) is 1.57. The van der Waals surface area contributed by atoms with Gasteiger partial charge in [-0.1, -0.05) is 6.08 Å². The zero-order chi connectivity index (χ0) is 6.10. The Morgan fingerprint density at radius 1 is 1.56 bits per heavy atom. The molecule has 0 atom stereocenters. The van der Waals surface area contributed by atoms with Crippen LogP contribution in [0, 0.1) is 5.92 Å². The number of thioether (sulfide) groups is 1. The minimum Gasteiger partial charge on any atom is -0.379 e. The quantitative estimate of drug-likeness (QED) is 0.595. The fourth-order valence-corrected chi connectivity index (χ4v) is 1.89. The second-order valence-corrected chi connectivity index (χ2v) is 3.78. The largest absolute Gasteiger partial charge is 0.379 e. The number of allylic oxidation sites excluding steroid dienone is 1. The fourth-order valence-electron chi connectivity index (χ4n) is 0.970. The van der Waals surface area contributed by atoms with Crippen molar-refractivity contribution < 1.29 is 0 Å². The molecule has 0 unspecified atom stereocenters. The van der Waals surface area contributed by atoms with E-state index in [2.05, 4.69) is 11.4 Å². The normalized spacial score (nSPS) is 30.9. The first-order valence-corrected chi connectivity index (χ1v) is 4.52. The smallest absolute Gasteiger partial charge is 0.0644 e. The van der Waals surface area contributed by atoms with E-state index in [0.717, 1.165) is 5.92 Å². The van der Waals surface area contributed by atoms with Gasteiger partial charge in [-0.05, 0) is 18.8 Å². The molecule has 0 bridgehead atoms. The van der Waals surface area contributed by atoms with Gasteiger partial charge in [-0.2, -0.15) is 0 Å². The van der Waals surface area contributed by atoms with Crippen molar-refractivity contribution in [2.45, 2.75) is 12.8 Å². The number of hydrogen-bond donors (Lipinski definition) is 1. The van der Waals surface area contributed by atoms with Gasteiger partial charge in [0.25, 0.3) is 0 Å². The highest BCUT2D eigenvalue weighted by atomic mass is 32.2. The lowest BCUT2D eigenvalue weighted by atomic mass is 10.4. The number of rotatable bonds is 1. The van der Waals surface area contributed by atoms with E-state index in [-0.39, 0.29) is 0 Å². The molecule has 0 radical (unpaired) electrons. The van der Waals surface area contributed by atoms with Gasteiger partial charge in [0.15, 0.2) is 0 Å². The van der Waals surface area contributed by atoms with Crippen LogP contribution in [0.3, 0.4) is 0 Å². The maximum atomic E-state index is 3.35. The molecule has 1 N–H and O–H groups in total. The predicted molar refractivity (Wildman–Crippen MR) is 41.3 cm³/mol. The Morgan fingerprint density at radius 2 is 2.44 bits per heavy atom. The lowest BCUT2D eigenvalue weighted by molar-refractivity contribution is 0.929. The topological polar surface area (TPSA) is 12.0 Å². The van der Waals surface area contributed by atoms with E-state index in [1.54, 1.807) is 0 Å². The van der Waals surface area contributed by atoms with E-state index in [9.17, 15) is 0 Å². The van der Waals surface area contributed by atoms with Gasteiger partial charge < -0.3 is 5.32 Å². The third-order valence-electron chi connectivity index (χ3n) is 1.67. The third kappa shape index (κ3) is 1.42. The monoisotopic (exact) mass is 141 g/mol. The van der Waals surface area contributed by atoms with Gasteiger partial charge in [-0.25, -0.2) is 0 Å². The van der Waals surface area contributed by atoms with E-state index in [4.69, 9.17) is 0 Å². The average molecular weight is 141 g/mol. The van der Waals surface area contributed by atoms with E-state index in [1.165, 1.54) is 30.2 Å². The SMILES string of the molecule is C(=C1/NCCS1)/C1CC1. The van der Waals surface area contributed by atoms with Crippen molar-refractivity contribution in [1.29, 1.82) is 0 Å². The van der Waals surface area contributed by atoms with Crippen molar-refractivity contribution in [3.63, 3.8) is 0 Å². The Balaban J connectivity index is 1.93. The second-order valence-electron chi connectivity index (χ2n) is 2.64. The lowest BCUT2D eigenvalue weighted by Gasteiger charge is -1.93. The zero-order valence-electron chi connectivity index (χ0n) is 5.39. The fraction of sp³-hybridized carbons (Fsp3) is 0.714. The van der Waals surface area contributed by atoms with Crippen molar-refractivity contribution in [2.75, 3.05) is 12.3 Å². The summed E-state index contributed by atoms with van der Waals surface area (Å²) in [5, 5.41) is 4.78. The van der Waals surface area contributed by atoms with Crippen LogP contribution in [-0.2, 0) is 0 Å². The van der Waals surface area contributed by atoms with Gasteiger partial charge in [0.2, 0.25) is 0 Å². The molecule has 0 aromatic rings. The van der Waals surface area contributed by atoms with Gasteiger partial charge in [0.05, 0.1) is 5.03 Å². The van der Waals surface area contributed by atoms with Gasteiger partial charge in [-0.3, -0.25) is 0 Å². The van der Waals surface area contributed by atoms with Crippen LogP contribution in [0.4, 0.5) is 0 Å². The molecule has 0 aromatic carbocycles. The maximum absolute atomic E-state index is 3.35. The zero-order valence-corrected chi connectivity index (χ0v) is 6.21. The molecular formula is C7H11NS. The van der Waals surface area contributed by atoms with Crippen LogP contribution in [0.5, 0.6) is 0 Å². The molecule has 0 aromatic heterocycles. The molecule has 0 amide bonds. The summed E-state index contributed by atoms with van der Waals surface area (Å²) in [5.41, 5.74) is 0. The first kappa shape index (κ1) is 5.66. The highest BCUT2D eigenvalue weighted by molar-refractivity contribution is 8.03. The maximum Gasteiger partial charge on any atom is 0.0644 e. The standard InChI is InChI=1S/C7H11NS/c1-2-6(1)5-7-8-3-4-9-7/h5-6,8H,1-4H2/b7-5+. The molecule has 2 fully saturated rings. The summed E-state index contributed by atoms with van der Waals surface area (Å²) in [7, 11) is 0. The average Bonchev–Trinajstić information content (AvgIpc) is 2.46. The number of hydrogen-bond acceptors (Lipinski definition) is 2. The Hall–Kier alpha value is -0.110. The Kier molecular flexibility index (Phi) is 1.42. The van der Waals surface area contributed by atoms with Crippen molar-refractivity contribution in [3.05, 3.63) is 11.1 Å². The summed E-state index contributed by atoms with van der Waals surface area (Å²) in [4.78, 5) is 0. The van der Waals surface area contributed by atoms with Crippen molar-refractivity contribution in [3.8, 4) is 0 Å². The van der Waals surface area contributed by atoms with Crippen LogP contribution < -0.4 is 5.32 Å². The van der Waals surface area contributed by atoms with Crippen LogP contribution in [0.15, 0.2) is 11.1 Å². The minimum absolute atomic E-state index is 0.929. The summed E-state index contributed by atoms with van der Waals surface area (Å²) in [6.45, 7) is 1.17. The molecule has 1 heterocycles. The van der Waals surface area contributed by atoms with Crippen LogP contribution in [0.25, 0.3) is 0 Å². The second kappa shape index (κ2) is 2.25. The summed E-state index contributed by atoms with van der Waals surface area (Å²) in [5.74, 6) is 2.19. The minimum atomic E-state index is 0.929. The van der Waals surface area contributed by atoms with Crippen molar-refractivity contribution >= 4 is 11.8 Å². The van der Waals surface area contributed by atoms with Gasteiger partial charge in [0.1, 0.15) is 0 Å². The molecule has 2 aliphatic rings. The molecule has 1 aliphatic heterocycles. The Morgan fingerprint density at radius 3 is 3.00 bits per heavy atom.